The summed E-state index contributed by atoms with van der Waals surface area (Å²) in [5, 5.41) is 16.9. The molecule has 0 spiro atoms. The number of thiazole rings is 1. The average Bonchev–Trinajstić information content (AvgIpc) is 2.90. The highest BCUT2D eigenvalue weighted by molar-refractivity contribution is 7.09. The molecule has 1 aromatic carbocycles. The molecule has 2 aromatic rings. The minimum Gasteiger partial charge on any atom is -0.371 e. The molecule has 0 fully saturated rings. The molecule has 0 aliphatic rings. The van der Waals surface area contributed by atoms with E-state index >= 15 is 0 Å². The zero-order valence-corrected chi connectivity index (χ0v) is 12.8. The number of nitro groups is 1. The smallest absolute Gasteiger partial charge is 0.295 e. The molecule has 21 heavy (non-hydrogen) atoms. The molecular weight excluding hydrogens is 293 g/mol. The Morgan fingerprint density at radius 3 is 2.67 bits per heavy atom. The largest absolute Gasteiger partial charge is 0.371 e. The average molecular weight is 309 g/mol. The summed E-state index contributed by atoms with van der Waals surface area (Å²) < 4.78 is 13.1. The Kier molecular flexibility index (Phi) is 4.52. The van der Waals surface area contributed by atoms with Crippen molar-refractivity contribution in [3.8, 4) is 0 Å². The SMILES string of the molecule is CC(C)c1nc(C(C)Nc2ccc(F)cc2[N+](=O)[O-])cs1. The maximum Gasteiger partial charge on any atom is 0.295 e. The molecule has 0 bridgehead atoms. The predicted octanol–water partition coefficient (Wildman–Crippen LogP) is 4.49. The fourth-order valence-electron chi connectivity index (χ4n) is 1.85. The highest BCUT2D eigenvalue weighted by atomic mass is 32.1. The Morgan fingerprint density at radius 1 is 1.38 bits per heavy atom. The molecule has 1 aromatic heterocycles. The molecule has 1 N–H and O–H groups in total. The molecule has 0 aliphatic heterocycles. The molecule has 0 aliphatic carbocycles. The number of hydrogen-bond acceptors (Lipinski definition) is 5. The van der Waals surface area contributed by atoms with Crippen LogP contribution in [0.3, 0.4) is 0 Å². The van der Waals surface area contributed by atoms with Crippen LogP contribution in [-0.2, 0) is 0 Å². The van der Waals surface area contributed by atoms with Crippen LogP contribution in [0.15, 0.2) is 23.6 Å². The first-order chi connectivity index (χ1) is 9.88. The van der Waals surface area contributed by atoms with Crippen molar-refractivity contribution in [2.75, 3.05) is 5.32 Å². The van der Waals surface area contributed by atoms with Gasteiger partial charge in [0.1, 0.15) is 11.5 Å². The Balaban J connectivity index is 2.22. The lowest BCUT2D eigenvalue weighted by Gasteiger charge is -2.13. The number of nitrogens with one attached hydrogen (secondary N) is 1. The summed E-state index contributed by atoms with van der Waals surface area (Å²) in [7, 11) is 0. The molecule has 0 radical (unpaired) electrons. The molecule has 2 rings (SSSR count). The lowest BCUT2D eigenvalue weighted by molar-refractivity contribution is -0.384. The van der Waals surface area contributed by atoms with Crippen molar-refractivity contribution in [3.05, 3.63) is 50.2 Å². The minimum absolute atomic E-state index is 0.196. The van der Waals surface area contributed by atoms with Crippen LogP contribution in [0.2, 0.25) is 0 Å². The summed E-state index contributed by atoms with van der Waals surface area (Å²) in [6.45, 7) is 5.99. The quantitative estimate of drug-likeness (QED) is 0.653. The third-order valence-electron chi connectivity index (χ3n) is 3.01. The van der Waals surface area contributed by atoms with Crippen LogP contribution < -0.4 is 5.32 Å². The number of aromatic nitrogens is 1. The van der Waals surface area contributed by atoms with Gasteiger partial charge in [-0.3, -0.25) is 10.1 Å². The van der Waals surface area contributed by atoms with E-state index in [1.54, 1.807) is 11.3 Å². The fraction of sp³-hybridized carbons (Fsp3) is 0.357. The summed E-state index contributed by atoms with van der Waals surface area (Å²) in [6.07, 6.45) is 0. The number of anilines is 1. The number of rotatable bonds is 5. The third kappa shape index (κ3) is 3.55. The van der Waals surface area contributed by atoms with Crippen LogP contribution in [0.25, 0.3) is 0 Å². The zero-order chi connectivity index (χ0) is 15.6. The molecule has 0 saturated heterocycles. The van der Waals surface area contributed by atoms with Crippen molar-refractivity contribution in [3.63, 3.8) is 0 Å². The van der Waals surface area contributed by atoms with Crippen LogP contribution in [0.4, 0.5) is 15.8 Å². The van der Waals surface area contributed by atoms with Gasteiger partial charge in [0.2, 0.25) is 0 Å². The molecular formula is C14H16FN3O2S. The van der Waals surface area contributed by atoms with E-state index in [4.69, 9.17) is 0 Å². The lowest BCUT2D eigenvalue weighted by Crippen LogP contribution is -2.09. The molecule has 0 amide bonds. The van der Waals surface area contributed by atoms with Gasteiger partial charge in [-0.05, 0) is 19.1 Å². The Bertz CT molecular complexity index is 657. The second-order valence-electron chi connectivity index (χ2n) is 5.05. The van der Waals surface area contributed by atoms with Crippen molar-refractivity contribution in [2.24, 2.45) is 0 Å². The van der Waals surface area contributed by atoms with E-state index in [9.17, 15) is 14.5 Å². The van der Waals surface area contributed by atoms with Crippen molar-refractivity contribution in [1.82, 2.24) is 4.98 Å². The van der Waals surface area contributed by atoms with Gasteiger partial charge in [-0.1, -0.05) is 13.8 Å². The molecule has 112 valence electrons. The molecule has 0 saturated carbocycles. The van der Waals surface area contributed by atoms with Crippen LogP contribution in [0.1, 0.15) is 43.4 Å². The second kappa shape index (κ2) is 6.17. The lowest BCUT2D eigenvalue weighted by atomic mass is 10.2. The van der Waals surface area contributed by atoms with Crippen LogP contribution in [0, 0.1) is 15.9 Å². The van der Waals surface area contributed by atoms with Gasteiger partial charge in [0, 0.05) is 11.3 Å². The summed E-state index contributed by atoms with van der Waals surface area (Å²) in [5.74, 6) is -0.285. The van der Waals surface area contributed by atoms with Gasteiger partial charge in [0.15, 0.2) is 0 Å². The number of nitro benzene ring substituents is 1. The van der Waals surface area contributed by atoms with Gasteiger partial charge < -0.3 is 5.32 Å². The predicted molar refractivity (Wildman–Crippen MR) is 81.3 cm³/mol. The van der Waals surface area contributed by atoms with E-state index in [1.165, 1.54) is 12.1 Å². The fourth-order valence-corrected chi connectivity index (χ4v) is 2.78. The molecule has 1 unspecified atom stereocenters. The zero-order valence-electron chi connectivity index (χ0n) is 12.0. The van der Waals surface area contributed by atoms with E-state index in [0.29, 0.717) is 5.92 Å². The van der Waals surface area contributed by atoms with Gasteiger partial charge in [-0.2, -0.15) is 0 Å². The summed E-state index contributed by atoms with van der Waals surface area (Å²) >= 11 is 1.56. The van der Waals surface area contributed by atoms with Crippen molar-refractivity contribution in [2.45, 2.75) is 32.7 Å². The number of nitrogens with zero attached hydrogens (tertiary/aromatic N) is 2. The number of hydrogen-bond donors (Lipinski definition) is 1. The number of benzene rings is 1. The first kappa shape index (κ1) is 15.4. The van der Waals surface area contributed by atoms with Gasteiger partial charge in [-0.25, -0.2) is 9.37 Å². The third-order valence-corrected chi connectivity index (χ3v) is 4.17. The van der Waals surface area contributed by atoms with E-state index in [2.05, 4.69) is 24.1 Å². The first-order valence-corrected chi connectivity index (χ1v) is 7.42. The highest BCUT2D eigenvalue weighted by Gasteiger charge is 2.18. The van der Waals surface area contributed by atoms with E-state index in [1.807, 2.05) is 12.3 Å². The normalized spacial score (nSPS) is 12.4. The maximum absolute atomic E-state index is 13.1. The first-order valence-electron chi connectivity index (χ1n) is 6.54. The maximum atomic E-state index is 13.1. The standard InChI is InChI=1S/C14H16FN3O2S/c1-8(2)14-17-12(7-21-14)9(3)16-11-5-4-10(15)6-13(11)18(19)20/h4-9,16H,1-3H3. The van der Waals surface area contributed by atoms with E-state index in [0.717, 1.165) is 16.8 Å². The second-order valence-corrected chi connectivity index (χ2v) is 5.94. The van der Waals surface area contributed by atoms with Gasteiger partial charge >= 0.3 is 0 Å². The highest BCUT2D eigenvalue weighted by Crippen LogP contribution is 2.30. The minimum atomic E-state index is -0.629. The van der Waals surface area contributed by atoms with Crippen LogP contribution in [0.5, 0.6) is 0 Å². The van der Waals surface area contributed by atoms with E-state index in [-0.39, 0.29) is 17.4 Å². The Morgan fingerprint density at radius 2 is 2.10 bits per heavy atom. The topological polar surface area (TPSA) is 68.1 Å². The number of halogens is 1. The Hall–Kier alpha value is -2.02. The molecule has 1 heterocycles. The molecule has 5 nitrogen and oxygen atoms in total. The summed E-state index contributed by atoms with van der Waals surface area (Å²) in [5.41, 5.74) is 0.830. The Labute approximate surface area is 126 Å². The van der Waals surface area contributed by atoms with Crippen LogP contribution in [-0.4, -0.2) is 9.91 Å². The summed E-state index contributed by atoms with van der Waals surface area (Å²) in [4.78, 5) is 14.9. The monoisotopic (exact) mass is 309 g/mol. The molecule has 1 atom stereocenters. The van der Waals surface area contributed by atoms with Crippen molar-refractivity contribution < 1.29 is 9.31 Å². The van der Waals surface area contributed by atoms with Gasteiger partial charge in [-0.15, -0.1) is 11.3 Å². The van der Waals surface area contributed by atoms with Crippen LogP contribution >= 0.6 is 11.3 Å². The summed E-state index contributed by atoms with van der Waals surface area (Å²) in [6, 6.07) is 3.29. The molecule has 7 heteroatoms. The van der Waals surface area contributed by atoms with Crippen molar-refractivity contribution >= 4 is 22.7 Å². The van der Waals surface area contributed by atoms with Gasteiger partial charge in [0.25, 0.3) is 5.69 Å². The van der Waals surface area contributed by atoms with E-state index < -0.39 is 10.7 Å². The van der Waals surface area contributed by atoms with Gasteiger partial charge in [0.05, 0.1) is 27.7 Å². The van der Waals surface area contributed by atoms with Crippen molar-refractivity contribution in [1.29, 1.82) is 0 Å².